The van der Waals surface area contributed by atoms with E-state index in [1.807, 2.05) is 6.92 Å². The lowest BCUT2D eigenvalue weighted by Crippen LogP contribution is -2.34. The fourth-order valence-corrected chi connectivity index (χ4v) is 1.87. The summed E-state index contributed by atoms with van der Waals surface area (Å²) in [6.07, 6.45) is 9.16. The van der Waals surface area contributed by atoms with Gasteiger partial charge in [0.15, 0.2) is 0 Å². The highest BCUT2D eigenvalue weighted by Gasteiger charge is 2.12. The molecule has 2 heterocycles. The Morgan fingerprint density at radius 2 is 1.83 bits per heavy atom. The second-order valence-electron chi connectivity index (χ2n) is 5.02. The van der Waals surface area contributed by atoms with Crippen LogP contribution in [0.4, 0.5) is 0 Å². The van der Waals surface area contributed by atoms with Crippen LogP contribution in [0.2, 0.25) is 0 Å². The van der Waals surface area contributed by atoms with Gasteiger partial charge in [-0.2, -0.15) is 0 Å². The van der Waals surface area contributed by atoms with Crippen LogP contribution >= 0.6 is 0 Å². The minimum Gasteiger partial charge on any atom is -0.465 e. The van der Waals surface area contributed by atoms with Crippen LogP contribution in [0.15, 0.2) is 57.4 Å². The van der Waals surface area contributed by atoms with Crippen molar-refractivity contribution in [3.05, 3.63) is 60.1 Å². The lowest BCUT2D eigenvalue weighted by molar-refractivity contribution is -0.121. The van der Waals surface area contributed by atoms with Crippen LogP contribution in [0.25, 0.3) is 12.2 Å². The fraction of sp³-hybridized carbons (Fsp3) is 0.222. The average molecular weight is 328 g/mol. The Bertz CT molecular complexity index is 697. The van der Waals surface area contributed by atoms with E-state index in [2.05, 4.69) is 10.6 Å². The lowest BCUT2D eigenvalue weighted by atomic mass is 10.3. The molecule has 0 saturated carbocycles. The van der Waals surface area contributed by atoms with Gasteiger partial charge >= 0.3 is 0 Å². The van der Waals surface area contributed by atoms with Crippen molar-refractivity contribution >= 4 is 24.0 Å². The van der Waals surface area contributed by atoms with Gasteiger partial charge in [0.05, 0.1) is 12.5 Å². The first-order valence-electron chi connectivity index (χ1n) is 7.75. The van der Waals surface area contributed by atoms with Gasteiger partial charge in [-0.25, -0.2) is 0 Å². The van der Waals surface area contributed by atoms with Crippen molar-refractivity contribution in [2.75, 3.05) is 6.54 Å². The van der Waals surface area contributed by atoms with Crippen LogP contribution in [-0.2, 0) is 9.59 Å². The maximum atomic E-state index is 12.2. The molecule has 6 heteroatoms. The molecular formula is C18H20N2O4. The van der Waals surface area contributed by atoms with Gasteiger partial charge in [-0.15, -0.1) is 0 Å². The summed E-state index contributed by atoms with van der Waals surface area (Å²) in [5.74, 6) is 0.231. The van der Waals surface area contributed by atoms with Crippen molar-refractivity contribution in [1.82, 2.24) is 10.6 Å². The molecule has 0 aliphatic heterocycles. The number of hydrogen-bond acceptors (Lipinski definition) is 4. The van der Waals surface area contributed by atoms with Crippen molar-refractivity contribution in [2.24, 2.45) is 0 Å². The third kappa shape index (κ3) is 5.64. The molecule has 0 spiro atoms. The highest BCUT2D eigenvalue weighted by molar-refractivity contribution is 6.03. The summed E-state index contributed by atoms with van der Waals surface area (Å²) < 4.78 is 10.3. The van der Waals surface area contributed by atoms with Crippen molar-refractivity contribution in [3.8, 4) is 0 Å². The molecule has 0 unspecified atom stereocenters. The summed E-state index contributed by atoms with van der Waals surface area (Å²) >= 11 is 0. The largest absolute Gasteiger partial charge is 0.465 e. The Labute approximate surface area is 140 Å². The maximum absolute atomic E-state index is 12.2. The topological polar surface area (TPSA) is 84.5 Å². The molecule has 2 amide bonds. The van der Waals surface area contributed by atoms with E-state index in [0.717, 1.165) is 12.8 Å². The normalized spacial score (nSPS) is 11.6. The van der Waals surface area contributed by atoms with Crippen LogP contribution in [0.5, 0.6) is 0 Å². The predicted molar refractivity (Wildman–Crippen MR) is 90.5 cm³/mol. The molecule has 2 N–H and O–H groups in total. The van der Waals surface area contributed by atoms with E-state index in [1.54, 1.807) is 24.3 Å². The minimum atomic E-state index is -0.435. The maximum Gasteiger partial charge on any atom is 0.267 e. The summed E-state index contributed by atoms with van der Waals surface area (Å²) in [4.78, 5) is 24.3. The first-order chi connectivity index (χ1) is 11.7. The first kappa shape index (κ1) is 17.3. The van der Waals surface area contributed by atoms with Gasteiger partial charge in [0.1, 0.15) is 17.2 Å². The molecule has 0 aliphatic carbocycles. The van der Waals surface area contributed by atoms with E-state index in [0.29, 0.717) is 18.1 Å². The molecule has 2 aromatic rings. The number of rotatable bonds is 8. The third-order valence-electron chi connectivity index (χ3n) is 3.09. The van der Waals surface area contributed by atoms with Gasteiger partial charge in [0.25, 0.3) is 5.91 Å². The fourth-order valence-electron chi connectivity index (χ4n) is 1.87. The smallest absolute Gasteiger partial charge is 0.267 e. The zero-order valence-corrected chi connectivity index (χ0v) is 13.5. The Morgan fingerprint density at radius 3 is 2.46 bits per heavy atom. The number of nitrogens with one attached hydrogen (secondary N) is 2. The van der Waals surface area contributed by atoms with Gasteiger partial charge < -0.3 is 19.5 Å². The molecule has 0 fully saturated rings. The number of carbonyl (C=O) groups is 2. The number of hydrogen-bond donors (Lipinski definition) is 2. The van der Waals surface area contributed by atoms with E-state index in [1.165, 1.54) is 30.8 Å². The van der Waals surface area contributed by atoms with Gasteiger partial charge in [-0.1, -0.05) is 13.3 Å². The van der Waals surface area contributed by atoms with E-state index in [4.69, 9.17) is 8.83 Å². The molecule has 0 atom stereocenters. The molecule has 0 bridgehead atoms. The molecule has 2 rings (SSSR count). The number of unbranched alkanes of at least 4 members (excludes halogenated alkanes) is 1. The van der Waals surface area contributed by atoms with E-state index in [-0.39, 0.29) is 11.6 Å². The molecular weight excluding hydrogens is 308 g/mol. The Hall–Kier alpha value is -3.02. The van der Waals surface area contributed by atoms with Gasteiger partial charge in [0.2, 0.25) is 5.91 Å². The van der Waals surface area contributed by atoms with Crippen LogP contribution in [0.3, 0.4) is 0 Å². The van der Waals surface area contributed by atoms with Crippen molar-refractivity contribution in [1.29, 1.82) is 0 Å². The summed E-state index contributed by atoms with van der Waals surface area (Å²) in [5.41, 5.74) is 0.121. The average Bonchev–Trinajstić information content (AvgIpc) is 3.26. The molecule has 0 radical (unpaired) electrons. The predicted octanol–water partition coefficient (Wildman–Crippen LogP) is 2.96. The molecule has 0 aliphatic rings. The summed E-state index contributed by atoms with van der Waals surface area (Å²) in [6.45, 7) is 2.58. The number of furan rings is 2. The monoisotopic (exact) mass is 328 g/mol. The highest BCUT2D eigenvalue weighted by Crippen LogP contribution is 2.07. The van der Waals surface area contributed by atoms with Gasteiger partial charge in [0, 0.05) is 18.7 Å². The molecule has 0 aromatic carbocycles. The molecule has 2 aromatic heterocycles. The van der Waals surface area contributed by atoms with Crippen LogP contribution in [0.1, 0.15) is 31.3 Å². The molecule has 6 nitrogen and oxygen atoms in total. The SMILES string of the molecule is CCCCNC(=O)C(=Cc1ccco1)NC(=O)C=Cc1ccco1. The van der Waals surface area contributed by atoms with Gasteiger partial charge in [-0.05, 0) is 36.8 Å². The molecule has 24 heavy (non-hydrogen) atoms. The zero-order valence-electron chi connectivity index (χ0n) is 13.5. The standard InChI is InChI=1S/C18H20N2O4/c1-2-3-10-19-18(22)16(13-15-7-5-12-24-15)20-17(21)9-8-14-6-4-11-23-14/h4-9,11-13H,2-3,10H2,1H3,(H,19,22)(H,20,21). The number of amides is 2. The zero-order chi connectivity index (χ0) is 17.2. The number of carbonyl (C=O) groups excluding carboxylic acids is 2. The summed E-state index contributed by atoms with van der Waals surface area (Å²) in [6, 6.07) is 6.85. The lowest BCUT2D eigenvalue weighted by Gasteiger charge is -2.08. The van der Waals surface area contributed by atoms with Crippen molar-refractivity contribution in [2.45, 2.75) is 19.8 Å². The highest BCUT2D eigenvalue weighted by atomic mass is 16.3. The minimum absolute atomic E-state index is 0.121. The Kier molecular flexibility index (Phi) is 6.64. The molecule has 126 valence electrons. The van der Waals surface area contributed by atoms with Crippen molar-refractivity contribution < 1.29 is 18.4 Å². The van der Waals surface area contributed by atoms with Gasteiger partial charge in [-0.3, -0.25) is 9.59 Å². The van der Waals surface area contributed by atoms with Crippen LogP contribution in [0, 0.1) is 0 Å². The second-order valence-corrected chi connectivity index (χ2v) is 5.02. The Morgan fingerprint density at radius 1 is 1.12 bits per heavy atom. The third-order valence-corrected chi connectivity index (χ3v) is 3.09. The first-order valence-corrected chi connectivity index (χ1v) is 7.75. The van der Waals surface area contributed by atoms with E-state index < -0.39 is 5.91 Å². The van der Waals surface area contributed by atoms with Crippen molar-refractivity contribution in [3.63, 3.8) is 0 Å². The van der Waals surface area contributed by atoms with E-state index in [9.17, 15) is 9.59 Å². The Balaban J connectivity index is 2.04. The second kappa shape index (κ2) is 9.19. The molecule has 0 saturated heterocycles. The summed E-state index contributed by atoms with van der Waals surface area (Å²) in [5, 5.41) is 5.33. The van der Waals surface area contributed by atoms with E-state index >= 15 is 0 Å². The quantitative estimate of drug-likeness (QED) is 0.576. The summed E-state index contributed by atoms with van der Waals surface area (Å²) in [7, 11) is 0. The van der Waals surface area contributed by atoms with Crippen LogP contribution < -0.4 is 10.6 Å². The van der Waals surface area contributed by atoms with Crippen LogP contribution in [-0.4, -0.2) is 18.4 Å².